The number of rotatable bonds is 4. The standard InChI is InChI=1S/C21H18F3N7/c22-21(23,24)20-29-28-19-13-30(7-8-31(19)20)18-4-1-14(11-27-18)10-26-17-3-2-16-12-25-6-5-15(16)9-17/h1-6,9,11-12,26H,7-8,10,13H2. The summed E-state index contributed by atoms with van der Waals surface area (Å²) in [6.45, 7) is 1.41. The van der Waals surface area contributed by atoms with Crippen LogP contribution in [0.2, 0.25) is 0 Å². The third kappa shape index (κ3) is 3.88. The lowest BCUT2D eigenvalue weighted by Crippen LogP contribution is -2.35. The normalized spacial score (nSPS) is 14.0. The molecule has 0 saturated carbocycles. The number of benzene rings is 1. The van der Waals surface area contributed by atoms with E-state index in [1.165, 1.54) is 0 Å². The lowest BCUT2D eigenvalue weighted by molar-refractivity contribution is -0.147. The summed E-state index contributed by atoms with van der Waals surface area (Å²) in [6, 6.07) is 11.9. The van der Waals surface area contributed by atoms with E-state index in [0.29, 0.717) is 18.9 Å². The molecule has 0 radical (unpaired) electrons. The van der Waals surface area contributed by atoms with Crippen molar-refractivity contribution in [3.05, 3.63) is 72.2 Å². The molecule has 31 heavy (non-hydrogen) atoms. The quantitative estimate of drug-likeness (QED) is 0.535. The fraction of sp³-hybridized carbons (Fsp3) is 0.238. The van der Waals surface area contributed by atoms with Gasteiger partial charge < -0.3 is 14.8 Å². The van der Waals surface area contributed by atoms with Crippen molar-refractivity contribution in [1.29, 1.82) is 0 Å². The van der Waals surface area contributed by atoms with Crippen molar-refractivity contribution in [2.75, 3.05) is 16.8 Å². The van der Waals surface area contributed by atoms with Gasteiger partial charge in [-0.3, -0.25) is 4.98 Å². The minimum absolute atomic E-state index is 0.166. The first-order chi connectivity index (χ1) is 15.0. The number of aromatic nitrogens is 5. The molecule has 7 nitrogen and oxygen atoms in total. The van der Waals surface area contributed by atoms with Gasteiger partial charge in [0.15, 0.2) is 5.82 Å². The molecule has 0 spiro atoms. The molecule has 0 fully saturated rings. The van der Waals surface area contributed by atoms with Crippen LogP contribution in [0, 0.1) is 0 Å². The summed E-state index contributed by atoms with van der Waals surface area (Å²) in [5.41, 5.74) is 2.00. The van der Waals surface area contributed by atoms with Crippen LogP contribution in [0.4, 0.5) is 24.7 Å². The minimum atomic E-state index is -4.50. The summed E-state index contributed by atoms with van der Waals surface area (Å²) in [6.07, 6.45) is 0.868. The van der Waals surface area contributed by atoms with Crippen molar-refractivity contribution < 1.29 is 13.2 Å². The molecule has 0 atom stereocenters. The van der Waals surface area contributed by atoms with Crippen LogP contribution < -0.4 is 10.2 Å². The fourth-order valence-corrected chi connectivity index (χ4v) is 3.67. The molecule has 0 amide bonds. The van der Waals surface area contributed by atoms with E-state index < -0.39 is 12.0 Å². The van der Waals surface area contributed by atoms with E-state index in [2.05, 4.69) is 31.5 Å². The highest BCUT2D eigenvalue weighted by atomic mass is 19.4. The molecule has 1 aliphatic heterocycles. The predicted molar refractivity (Wildman–Crippen MR) is 109 cm³/mol. The molecule has 0 saturated heterocycles. The summed E-state index contributed by atoms with van der Waals surface area (Å²) in [5.74, 6) is 0.0453. The Kier molecular flexibility index (Phi) is 4.68. The van der Waals surface area contributed by atoms with Crippen LogP contribution in [0.1, 0.15) is 17.2 Å². The van der Waals surface area contributed by atoms with Crippen molar-refractivity contribution in [1.82, 2.24) is 24.7 Å². The lowest BCUT2D eigenvalue weighted by atomic mass is 10.1. The number of alkyl halides is 3. The molecule has 1 aliphatic rings. The molecule has 4 aromatic rings. The van der Waals surface area contributed by atoms with E-state index >= 15 is 0 Å². The molecule has 10 heteroatoms. The van der Waals surface area contributed by atoms with Crippen molar-refractivity contribution in [2.45, 2.75) is 25.8 Å². The van der Waals surface area contributed by atoms with Crippen molar-refractivity contribution in [2.24, 2.45) is 0 Å². The molecule has 1 N–H and O–H groups in total. The van der Waals surface area contributed by atoms with Gasteiger partial charge in [0.1, 0.15) is 5.82 Å². The number of nitrogens with zero attached hydrogens (tertiary/aromatic N) is 6. The van der Waals surface area contributed by atoms with Gasteiger partial charge in [-0.25, -0.2) is 4.98 Å². The largest absolute Gasteiger partial charge is 0.451 e. The smallest absolute Gasteiger partial charge is 0.381 e. The summed E-state index contributed by atoms with van der Waals surface area (Å²) in [7, 11) is 0. The average Bonchev–Trinajstić information content (AvgIpc) is 3.22. The van der Waals surface area contributed by atoms with E-state index in [0.717, 1.165) is 26.6 Å². The summed E-state index contributed by atoms with van der Waals surface area (Å²) in [5, 5.41) is 12.6. The number of nitrogens with one attached hydrogen (secondary N) is 1. The first-order valence-electron chi connectivity index (χ1n) is 9.74. The molecular formula is C21H18F3N7. The van der Waals surface area contributed by atoms with Gasteiger partial charge in [0, 0.05) is 49.3 Å². The van der Waals surface area contributed by atoms with Crippen LogP contribution in [0.5, 0.6) is 0 Å². The van der Waals surface area contributed by atoms with Crippen LogP contribution in [-0.2, 0) is 25.8 Å². The van der Waals surface area contributed by atoms with E-state index in [4.69, 9.17) is 0 Å². The van der Waals surface area contributed by atoms with Gasteiger partial charge in [0.2, 0.25) is 5.82 Å². The third-order valence-electron chi connectivity index (χ3n) is 5.28. The second-order valence-corrected chi connectivity index (χ2v) is 7.33. The topological polar surface area (TPSA) is 71.8 Å². The third-order valence-corrected chi connectivity index (χ3v) is 5.28. The molecule has 0 unspecified atom stereocenters. The highest BCUT2D eigenvalue weighted by molar-refractivity contribution is 5.84. The van der Waals surface area contributed by atoms with Crippen LogP contribution in [-0.4, -0.2) is 31.3 Å². The molecule has 5 rings (SSSR count). The lowest BCUT2D eigenvalue weighted by Gasteiger charge is -2.29. The SMILES string of the molecule is FC(F)(F)c1nnc2n1CCN(c1ccc(CNc3ccc4cnccc4c3)cn1)C2. The van der Waals surface area contributed by atoms with E-state index in [1.54, 1.807) is 12.4 Å². The molecule has 1 aromatic carbocycles. The van der Waals surface area contributed by atoms with E-state index in [9.17, 15) is 13.2 Å². The Bertz CT molecular complexity index is 1220. The van der Waals surface area contributed by atoms with Crippen LogP contribution in [0.3, 0.4) is 0 Å². The Hall–Kier alpha value is -3.69. The maximum absolute atomic E-state index is 13.0. The molecule has 0 aliphatic carbocycles. The van der Waals surface area contributed by atoms with Gasteiger partial charge >= 0.3 is 6.18 Å². The molecule has 3 aromatic heterocycles. The number of pyridine rings is 2. The first kappa shape index (κ1) is 19.3. The average molecular weight is 425 g/mol. The van der Waals surface area contributed by atoms with Gasteiger partial charge in [0.25, 0.3) is 0 Å². The second kappa shape index (κ2) is 7.53. The van der Waals surface area contributed by atoms with E-state index in [-0.39, 0.29) is 18.9 Å². The minimum Gasteiger partial charge on any atom is -0.381 e. The maximum Gasteiger partial charge on any atom is 0.451 e. The highest BCUT2D eigenvalue weighted by Crippen LogP contribution is 2.30. The summed E-state index contributed by atoms with van der Waals surface area (Å²) >= 11 is 0. The van der Waals surface area contributed by atoms with Gasteiger partial charge in [-0.2, -0.15) is 13.2 Å². The zero-order chi connectivity index (χ0) is 21.4. The van der Waals surface area contributed by atoms with Crippen molar-refractivity contribution >= 4 is 22.3 Å². The van der Waals surface area contributed by atoms with Gasteiger partial charge in [-0.05, 0) is 35.2 Å². The Morgan fingerprint density at radius 2 is 1.87 bits per heavy atom. The summed E-state index contributed by atoms with van der Waals surface area (Å²) in [4.78, 5) is 10.5. The van der Waals surface area contributed by atoms with Crippen LogP contribution in [0.15, 0.2) is 55.0 Å². The Labute approximate surface area is 175 Å². The zero-order valence-corrected chi connectivity index (χ0v) is 16.3. The second-order valence-electron chi connectivity index (χ2n) is 7.33. The molecule has 0 bridgehead atoms. The number of halogens is 3. The number of hydrogen-bond donors (Lipinski definition) is 1. The molecule has 4 heterocycles. The molecular weight excluding hydrogens is 407 g/mol. The first-order valence-corrected chi connectivity index (χ1v) is 9.74. The predicted octanol–water partition coefficient (Wildman–Crippen LogP) is 3.87. The fourth-order valence-electron chi connectivity index (χ4n) is 3.67. The number of hydrogen-bond acceptors (Lipinski definition) is 6. The Morgan fingerprint density at radius 1 is 0.968 bits per heavy atom. The van der Waals surface area contributed by atoms with Crippen molar-refractivity contribution in [3.8, 4) is 0 Å². The monoisotopic (exact) mass is 425 g/mol. The number of fused-ring (bicyclic) bond motifs is 2. The Morgan fingerprint density at radius 3 is 2.68 bits per heavy atom. The Balaban J connectivity index is 1.24. The highest BCUT2D eigenvalue weighted by Gasteiger charge is 2.39. The van der Waals surface area contributed by atoms with Gasteiger partial charge in [-0.15, -0.1) is 10.2 Å². The van der Waals surface area contributed by atoms with Crippen LogP contribution >= 0.6 is 0 Å². The van der Waals surface area contributed by atoms with Crippen LogP contribution in [0.25, 0.3) is 10.8 Å². The zero-order valence-electron chi connectivity index (χ0n) is 16.3. The maximum atomic E-state index is 13.0. The van der Waals surface area contributed by atoms with Gasteiger partial charge in [0.05, 0.1) is 6.54 Å². The van der Waals surface area contributed by atoms with Gasteiger partial charge in [-0.1, -0.05) is 12.1 Å². The number of anilines is 2. The van der Waals surface area contributed by atoms with Crippen molar-refractivity contribution in [3.63, 3.8) is 0 Å². The summed E-state index contributed by atoms with van der Waals surface area (Å²) < 4.78 is 40.1. The molecule has 158 valence electrons. The van der Waals surface area contributed by atoms with E-state index in [1.807, 2.05) is 41.4 Å².